The minimum Gasteiger partial charge on any atom is -0.493 e. The van der Waals surface area contributed by atoms with Crippen LogP contribution in [0.5, 0.6) is 11.5 Å². The van der Waals surface area contributed by atoms with Crippen molar-refractivity contribution in [2.75, 3.05) is 33.0 Å². The Balaban J connectivity index is 1.73. The van der Waals surface area contributed by atoms with Gasteiger partial charge in [-0.05, 0) is 45.6 Å². The molecule has 0 atom stereocenters. The smallest absolute Gasteiger partial charge is 0.193 e. The van der Waals surface area contributed by atoms with Gasteiger partial charge in [0.25, 0.3) is 0 Å². The zero-order chi connectivity index (χ0) is 21.1. The van der Waals surface area contributed by atoms with Crippen LogP contribution in [0.1, 0.15) is 45.1 Å². The van der Waals surface area contributed by atoms with Crippen molar-refractivity contribution >= 4 is 15.8 Å². The minimum absolute atomic E-state index is 0.135. The molecular weight excluding hydrogens is 390 g/mol. The van der Waals surface area contributed by atoms with Crippen LogP contribution in [0.2, 0.25) is 0 Å². The van der Waals surface area contributed by atoms with Crippen molar-refractivity contribution in [3.05, 3.63) is 23.8 Å². The van der Waals surface area contributed by atoms with E-state index in [0.29, 0.717) is 25.6 Å². The first kappa shape index (κ1) is 21.7. The van der Waals surface area contributed by atoms with Crippen LogP contribution in [0.4, 0.5) is 0 Å². The normalized spacial score (nSPS) is 21.8. The van der Waals surface area contributed by atoms with E-state index in [1.807, 2.05) is 23.1 Å². The molecule has 1 aromatic carbocycles. The van der Waals surface area contributed by atoms with Crippen LogP contribution in [0.25, 0.3) is 0 Å². The van der Waals surface area contributed by atoms with Gasteiger partial charge in [-0.2, -0.15) is 0 Å². The first-order valence-corrected chi connectivity index (χ1v) is 11.9. The molecule has 0 bridgehead atoms. The van der Waals surface area contributed by atoms with Gasteiger partial charge in [-0.3, -0.25) is 4.99 Å². The number of rotatable bonds is 5. The van der Waals surface area contributed by atoms with Crippen LogP contribution in [-0.4, -0.2) is 63.1 Å². The molecule has 1 N–H and O–H groups in total. The third-order valence-corrected chi connectivity index (χ3v) is 8.39. The lowest BCUT2D eigenvalue weighted by molar-refractivity contribution is 0.198. The fourth-order valence-corrected chi connectivity index (χ4v) is 5.36. The lowest BCUT2D eigenvalue weighted by atomic mass is 10.1. The molecule has 1 aliphatic carbocycles. The van der Waals surface area contributed by atoms with Gasteiger partial charge in [-0.15, -0.1) is 0 Å². The van der Waals surface area contributed by atoms with Crippen molar-refractivity contribution < 1.29 is 17.9 Å². The highest BCUT2D eigenvalue weighted by atomic mass is 32.2. The molecule has 0 spiro atoms. The van der Waals surface area contributed by atoms with Gasteiger partial charge in [0.2, 0.25) is 0 Å². The predicted octanol–water partition coefficient (Wildman–Crippen LogP) is 2.60. The summed E-state index contributed by atoms with van der Waals surface area (Å²) in [5.74, 6) is 2.35. The molecular formula is C21H33N3O4S. The molecule has 0 unspecified atom stereocenters. The van der Waals surface area contributed by atoms with E-state index < -0.39 is 14.6 Å². The molecule has 2 aliphatic rings. The number of guanidine groups is 1. The maximum atomic E-state index is 12.3. The largest absolute Gasteiger partial charge is 0.493 e. The van der Waals surface area contributed by atoms with Crippen molar-refractivity contribution in [3.8, 4) is 11.5 Å². The monoisotopic (exact) mass is 423 g/mol. The second-order valence-electron chi connectivity index (χ2n) is 8.37. The highest BCUT2D eigenvalue weighted by Crippen LogP contribution is 2.35. The van der Waals surface area contributed by atoms with Gasteiger partial charge in [0.15, 0.2) is 27.3 Å². The quantitative estimate of drug-likeness (QED) is 0.579. The third kappa shape index (κ3) is 4.79. The maximum absolute atomic E-state index is 12.3. The third-order valence-electron chi connectivity index (χ3n) is 5.86. The Labute approximate surface area is 174 Å². The van der Waals surface area contributed by atoms with Gasteiger partial charge in [0.1, 0.15) is 0 Å². The number of nitrogens with one attached hydrogen (secondary N) is 1. The number of para-hydroxylation sites is 1. The Morgan fingerprint density at radius 2 is 2.03 bits per heavy atom. The van der Waals surface area contributed by atoms with Crippen molar-refractivity contribution in [2.24, 2.45) is 4.99 Å². The van der Waals surface area contributed by atoms with Crippen molar-refractivity contribution in [1.82, 2.24) is 10.2 Å². The molecule has 0 amide bonds. The van der Waals surface area contributed by atoms with Crippen molar-refractivity contribution in [1.29, 1.82) is 0 Å². The Hall–Kier alpha value is -1.96. The summed E-state index contributed by atoms with van der Waals surface area (Å²) in [6, 6.07) is 5.90. The molecule has 3 rings (SSSR count). The molecule has 29 heavy (non-hydrogen) atoms. The summed E-state index contributed by atoms with van der Waals surface area (Å²) in [6.07, 6.45) is 4.78. The zero-order valence-electron chi connectivity index (χ0n) is 17.9. The van der Waals surface area contributed by atoms with E-state index in [4.69, 9.17) is 9.47 Å². The lowest BCUT2D eigenvalue weighted by Gasteiger charge is -2.39. The van der Waals surface area contributed by atoms with E-state index in [-0.39, 0.29) is 11.9 Å². The van der Waals surface area contributed by atoms with Gasteiger partial charge in [0, 0.05) is 32.2 Å². The molecule has 1 aliphatic heterocycles. The summed E-state index contributed by atoms with van der Waals surface area (Å²) in [5, 5.41) is 3.38. The van der Waals surface area contributed by atoms with E-state index in [0.717, 1.165) is 29.9 Å². The molecule has 1 saturated carbocycles. The number of nitrogens with zero attached hydrogens (tertiary/aromatic N) is 2. The molecule has 8 heteroatoms. The number of hydrogen-bond donors (Lipinski definition) is 1. The van der Waals surface area contributed by atoms with Gasteiger partial charge >= 0.3 is 0 Å². The van der Waals surface area contributed by atoms with Crippen LogP contribution in [-0.2, 0) is 16.4 Å². The maximum Gasteiger partial charge on any atom is 0.193 e. The van der Waals surface area contributed by atoms with Crippen LogP contribution < -0.4 is 14.8 Å². The second kappa shape index (κ2) is 8.81. The highest BCUT2D eigenvalue weighted by Gasteiger charge is 2.41. The summed E-state index contributed by atoms with van der Waals surface area (Å²) in [7, 11) is 0.285. The van der Waals surface area contributed by atoms with Gasteiger partial charge in [0.05, 0.1) is 23.7 Å². The first-order chi connectivity index (χ1) is 13.8. The zero-order valence-corrected chi connectivity index (χ0v) is 18.7. The summed E-state index contributed by atoms with van der Waals surface area (Å²) < 4.78 is 35.6. The number of aliphatic imine (C=N–C) groups is 1. The number of sulfone groups is 1. The van der Waals surface area contributed by atoms with E-state index in [1.165, 1.54) is 12.8 Å². The van der Waals surface area contributed by atoms with Crippen LogP contribution in [0.3, 0.4) is 0 Å². The molecule has 0 aromatic heterocycles. The molecule has 0 radical (unpaired) electrons. The number of ether oxygens (including phenoxy) is 2. The standard InChI is InChI=1S/C21H33N3O4S/c1-21(2)15-24(12-13-29(21,25)26)20(22-3)23-14-16-8-7-11-18(27-4)19(16)28-17-9-5-6-10-17/h7-8,11,17H,5-6,9-10,12-15H2,1-4H3,(H,22,23). The predicted molar refractivity (Wildman–Crippen MR) is 116 cm³/mol. The average Bonchev–Trinajstić information content (AvgIpc) is 3.19. The van der Waals surface area contributed by atoms with Crippen molar-refractivity contribution in [2.45, 2.75) is 56.9 Å². The Bertz CT molecular complexity index is 845. The number of methoxy groups -OCH3 is 1. The molecule has 7 nitrogen and oxygen atoms in total. The molecule has 1 aromatic rings. The van der Waals surface area contributed by atoms with Crippen LogP contribution >= 0.6 is 0 Å². The van der Waals surface area contributed by atoms with Crippen LogP contribution in [0, 0.1) is 0 Å². The van der Waals surface area contributed by atoms with E-state index in [9.17, 15) is 8.42 Å². The number of hydrogen-bond acceptors (Lipinski definition) is 5. The fourth-order valence-electron chi connectivity index (χ4n) is 4.00. The number of benzene rings is 1. The summed E-state index contributed by atoms with van der Waals surface area (Å²) in [4.78, 5) is 6.39. The van der Waals surface area contributed by atoms with Gasteiger partial charge in [-0.1, -0.05) is 12.1 Å². The minimum atomic E-state index is -3.09. The SMILES string of the molecule is CN=C(NCc1cccc(OC)c1OC1CCCC1)N1CCS(=O)(=O)C(C)(C)C1. The average molecular weight is 424 g/mol. The molecule has 162 valence electrons. The van der Waals surface area contributed by atoms with E-state index in [1.54, 1.807) is 28.0 Å². The molecule has 2 fully saturated rings. The van der Waals surface area contributed by atoms with Crippen molar-refractivity contribution in [3.63, 3.8) is 0 Å². The lowest BCUT2D eigenvalue weighted by Crippen LogP contribution is -2.57. The molecule has 1 heterocycles. The summed E-state index contributed by atoms with van der Waals surface area (Å²) in [5.41, 5.74) is 1.00. The Kier molecular flexibility index (Phi) is 6.61. The fraction of sp³-hybridized carbons (Fsp3) is 0.667. The molecule has 1 saturated heterocycles. The van der Waals surface area contributed by atoms with Gasteiger partial charge in [-0.25, -0.2) is 8.42 Å². The topological polar surface area (TPSA) is 80.2 Å². The summed E-state index contributed by atoms with van der Waals surface area (Å²) >= 11 is 0. The Morgan fingerprint density at radius 3 is 2.66 bits per heavy atom. The highest BCUT2D eigenvalue weighted by molar-refractivity contribution is 7.92. The van der Waals surface area contributed by atoms with E-state index >= 15 is 0 Å². The van der Waals surface area contributed by atoms with E-state index in [2.05, 4.69) is 10.3 Å². The first-order valence-electron chi connectivity index (χ1n) is 10.3. The second-order valence-corrected chi connectivity index (χ2v) is 11.1. The van der Waals surface area contributed by atoms with Crippen LogP contribution in [0.15, 0.2) is 23.2 Å². The van der Waals surface area contributed by atoms with Gasteiger partial charge < -0.3 is 19.7 Å². The summed E-state index contributed by atoms with van der Waals surface area (Å²) in [6.45, 7) is 4.93. The Morgan fingerprint density at radius 1 is 1.31 bits per heavy atom.